The van der Waals surface area contributed by atoms with Gasteiger partial charge in [0.1, 0.15) is 6.26 Å². The fourth-order valence-electron chi connectivity index (χ4n) is 0.403. The number of rotatable bonds is 2. The van der Waals surface area contributed by atoms with Crippen LogP contribution in [0.1, 0.15) is 5.69 Å². The summed E-state index contributed by atoms with van der Waals surface area (Å²) < 4.78 is 4.53. The third-order valence-corrected chi connectivity index (χ3v) is 0.889. The van der Waals surface area contributed by atoms with E-state index in [1.54, 1.807) is 6.07 Å². The quantitative estimate of drug-likeness (QED) is 0.555. The molecule has 0 aliphatic rings. The van der Waals surface area contributed by atoms with Gasteiger partial charge in [-0.1, -0.05) is 17.4 Å². The molecule has 0 saturated heterocycles. The molecule has 1 rings (SSSR count). The van der Waals surface area contributed by atoms with Crippen LogP contribution >= 0.6 is 12.2 Å². The standard InChI is InChI=1S/C5H4NOS/c8-4-2-5-1-3-7-6-5/h1,3H,2H2. The van der Waals surface area contributed by atoms with Crippen LogP contribution in [0.5, 0.6) is 0 Å². The van der Waals surface area contributed by atoms with Gasteiger partial charge in [0.2, 0.25) is 0 Å². The van der Waals surface area contributed by atoms with Crippen LogP contribution in [0.4, 0.5) is 0 Å². The third kappa shape index (κ3) is 1.13. The molecule has 41 valence electrons. The first-order valence-corrected chi connectivity index (χ1v) is 2.58. The summed E-state index contributed by atoms with van der Waals surface area (Å²) in [4.78, 5) is 0. The summed E-state index contributed by atoms with van der Waals surface area (Å²) in [6, 6.07) is 1.76. The van der Waals surface area contributed by atoms with Crippen molar-refractivity contribution in [1.29, 1.82) is 0 Å². The van der Waals surface area contributed by atoms with Crippen LogP contribution in [-0.4, -0.2) is 10.5 Å². The van der Waals surface area contributed by atoms with Gasteiger partial charge in [0.05, 0.1) is 5.69 Å². The lowest BCUT2D eigenvalue weighted by molar-refractivity contribution is 0.414. The minimum absolute atomic E-state index is 0.589. The largest absolute Gasteiger partial charge is 0.364 e. The summed E-state index contributed by atoms with van der Waals surface area (Å²) in [6.45, 7) is 0. The van der Waals surface area contributed by atoms with Crippen molar-refractivity contribution in [1.82, 2.24) is 5.16 Å². The normalized spacial score (nSPS) is 9.00. The predicted octanol–water partition coefficient (Wildman–Crippen LogP) is 1.09. The topological polar surface area (TPSA) is 26.0 Å². The number of nitrogens with zero attached hydrogens (tertiary/aromatic N) is 1. The minimum atomic E-state index is 0.589. The Labute approximate surface area is 52.5 Å². The van der Waals surface area contributed by atoms with Gasteiger partial charge < -0.3 is 4.52 Å². The minimum Gasteiger partial charge on any atom is -0.364 e. The zero-order valence-corrected chi connectivity index (χ0v) is 4.94. The molecule has 0 atom stereocenters. The molecule has 0 spiro atoms. The Balaban J connectivity index is 2.62. The van der Waals surface area contributed by atoms with E-state index in [1.807, 2.05) is 0 Å². The Hall–Kier alpha value is -0.700. The van der Waals surface area contributed by atoms with Gasteiger partial charge in [-0.25, -0.2) is 0 Å². The van der Waals surface area contributed by atoms with Gasteiger partial charge in [-0.05, 0) is 0 Å². The molecule has 0 N–H and O–H groups in total. The molecule has 0 saturated carbocycles. The lowest BCUT2D eigenvalue weighted by Crippen LogP contribution is -1.80. The van der Waals surface area contributed by atoms with Crippen LogP contribution in [0.2, 0.25) is 0 Å². The van der Waals surface area contributed by atoms with E-state index in [0.29, 0.717) is 6.42 Å². The van der Waals surface area contributed by atoms with E-state index >= 15 is 0 Å². The van der Waals surface area contributed by atoms with Crippen LogP contribution in [0.15, 0.2) is 16.9 Å². The molecular weight excluding hydrogens is 122 g/mol. The molecule has 2 nitrogen and oxygen atoms in total. The second kappa shape index (κ2) is 2.57. The maximum Gasteiger partial charge on any atom is 0.124 e. The monoisotopic (exact) mass is 126 g/mol. The number of hydrogen-bond acceptors (Lipinski definition) is 3. The van der Waals surface area contributed by atoms with E-state index < -0.39 is 0 Å². The average molecular weight is 126 g/mol. The van der Waals surface area contributed by atoms with Crippen molar-refractivity contribution in [3.05, 3.63) is 18.0 Å². The Morgan fingerprint density at radius 2 is 2.75 bits per heavy atom. The van der Waals surface area contributed by atoms with Crippen LogP contribution in [-0.2, 0) is 6.42 Å². The molecule has 1 heterocycles. The van der Waals surface area contributed by atoms with Gasteiger partial charge in [0.25, 0.3) is 0 Å². The van der Waals surface area contributed by atoms with Gasteiger partial charge in [0, 0.05) is 17.9 Å². The Bertz CT molecular complexity index is 159. The average Bonchev–Trinajstić information content (AvgIpc) is 2.19. The van der Waals surface area contributed by atoms with Gasteiger partial charge in [0.15, 0.2) is 0 Å². The molecular formula is C5H4NOS. The van der Waals surface area contributed by atoms with Gasteiger partial charge in [-0.3, -0.25) is 0 Å². The Morgan fingerprint density at radius 3 is 3.25 bits per heavy atom. The van der Waals surface area contributed by atoms with Crippen molar-refractivity contribution in [2.75, 3.05) is 0 Å². The zero-order chi connectivity index (χ0) is 5.82. The third-order valence-electron chi connectivity index (χ3n) is 0.745. The summed E-state index contributed by atoms with van der Waals surface area (Å²) in [6.07, 6.45) is 2.10. The van der Waals surface area contributed by atoms with Gasteiger partial charge in [-0.2, -0.15) is 0 Å². The summed E-state index contributed by atoms with van der Waals surface area (Å²) in [5, 5.41) is 6.13. The van der Waals surface area contributed by atoms with E-state index in [2.05, 4.69) is 27.3 Å². The van der Waals surface area contributed by atoms with Gasteiger partial charge in [-0.15, -0.1) is 0 Å². The molecule has 0 fully saturated rings. The van der Waals surface area contributed by atoms with Crippen molar-refractivity contribution in [3.8, 4) is 0 Å². The van der Waals surface area contributed by atoms with E-state index in [1.165, 1.54) is 6.26 Å². The van der Waals surface area contributed by atoms with Gasteiger partial charge >= 0.3 is 0 Å². The lowest BCUT2D eigenvalue weighted by atomic mass is 10.3. The Morgan fingerprint density at radius 1 is 1.88 bits per heavy atom. The lowest BCUT2D eigenvalue weighted by Gasteiger charge is -1.75. The highest BCUT2D eigenvalue weighted by Gasteiger charge is 1.89. The second-order valence-corrected chi connectivity index (χ2v) is 1.60. The van der Waals surface area contributed by atoms with Crippen molar-refractivity contribution in [2.24, 2.45) is 0 Å². The smallest absolute Gasteiger partial charge is 0.124 e. The predicted molar refractivity (Wildman–Crippen MR) is 32.8 cm³/mol. The van der Waals surface area contributed by atoms with Crippen molar-refractivity contribution in [3.63, 3.8) is 0 Å². The highest BCUT2D eigenvalue weighted by molar-refractivity contribution is 7.78. The van der Waals surface area contributed by atoms with Crippen LogP contribution in [0, 0.1) is 0 Å². The zero-order valence-electron chi connectivity index (χ0n) is 4.13. The molecule has 3 heteroatoms. The van der Waals surface area contributed by atoms with Crippen molar-refractivity contribution in [2.45, 2.75) is 6.42 Å². The van der Waals surface area contributed by atoms with E-state index in [9.17, 15) is 0 Å². The van der Waals surface area contributed by atoms with E-state index in [0.717, 1.165) is 5.69 Å². The first-order valence-electron chi connectivity index (χ1n) is 2.18. The maximum atomic E-state index is 4.53. The molecule has 0 amide bonds. The molecule has 0 aliphatic heterocycles. The summed E-state index contributed by atoms with van der Waals surface area (Å²) >= 11 is 4.47. The summed E-state index contributed by atoms with van der Waals surface area (Å²) in [5.74, 6) is 0. The first-order chi connectivity index (χ1) is 3.93. The maximum absolute atomic E-state index is 4.53. The number of thiocarbonyl (C=S) groups is 1. The molecule has 0 aromatic carbocycles. The molecule has 1 aromatic heterocycles. The fraction of sp³-hybridized carbons (Fsp3) is 0.200. The van der Waals surface area contributed by atoms with Crippen LogP contribution in [0.3, 0.4) is 0 Å². The number of hydrogen-bond donors (Lipinski definition) is 0. The SMILES string of the molecule is S=[C]Cc1ccon1. The molecule has 1 aromatic rings. The summed E-state index contributed by atoms with van der Waals surface area (Å²) in [5.41, 5.74) is 0.833. The van der Waals surface area contributed by atoms with Crippen LogP contribution in [0.25, 0.3) is 0 Å². The Kier molecular flexibility index (Phi) is 1.75. The molecule has 0 aliphatic carbocycles. The molecule has 0 bridgehead atoms. The first kappa shape index (κ1) is 5.44. The second-order valence-electron chi connectivity index (χ2n) is 1.31. The van der Waals surface area contributed by atoms with E-state index in [-0.39, 0.29) is 0 Å². The molecule has 0 unspecified atom stereocenters. The highest BCUT2D eigenvalue weighted by Crippen LogP contribution is 1.92. The molecule has 1 radical (unpaired) electrons. The summed E-state index contributed by atoms with van der Waals surface area (Å²) in [7, 11) is 0. The fourth-order valence-corrected chi connectivity index (χ4v) is 0.551. The van der Waals surface area contributed by atoms with E-state index in [4.69, 9.17) is 0 Å². The van der Waals surface area contributed by atoms with Crippen molar-refractivity contribution >= 4 is 17.6 Å². The molecule has 8 heavy (non-hydrogen) atoms. The van der Waals surface area contributed by atoms with Crippen molar-refractivity contribution < 1.29 is 4.52 Å². The number of aromatic nitrogens is 1. The highest BCUT2D eigenvalue weighted by atomic mass is 32.1. The van der Waals surface area contributed by atoms with Crippen LogP contribution < -0.4 is 0 Å².